The second-order valence-corrected chi connectivity index (χ2v) is 7.40. The molecule has 0 aliphatic rings. The molecule has 1 heterocycles. The Hall–Kier alpha value is -1.44. The van der Waals surface area contributed by atoms with Gasteiger partial charge in [-0.25, -0.2) is 13.4 Å². The zero-order valence-electron chi connectivity index (χ0n) is 11.5. The van der Waals surface area contributed by atoms with Gasteiger partial charge in [0.05, 0.1) is 17.2 Å². The zero-order chi connectivity index (χ0) is 14.9. The molecule has 0 unspecified atom stereocenters. The summed E-state index contributed by atoms with van der Waals surface area (Å²) in [6.07, 6.45) is 0. The third-order valence-corrected chi connectivity index (χ3v) is 5.51. The average molecular weight is 312 g/mol. The average Bonchev–Trinajstić information content (AvgIpc) is 2.67. The highest BCUT2D eigenvalue weighted by Crippen LogP contribution is 2.24. The number of anilines is 1. The van der Waals surface area contributed by atoms with Crippen molar-refractivity contribution in [3.63, 3.8) is 0 Å². The van der Waals surface area contributed by atoms with Crippen LogP contribution in [0.25, 0.3) is 0 Å². The standard InChI is InChI=1S/C13H16N2O3S2/c1-8-4-5-12(6-11(8)7-16)20(17,18)15-13-14-9(2)10(3)19-13/h4-6,16H,7H2,1-3H3,(H,14,15). The summed E-state index contributed by atoms with van der Waals surface area (Å²) >= 11 is 1.30. The number of nitrogens with one attached hydrogen (secondary N) is 1. The van der Waals surface area contributed by atoms with Gasteiger partial charge in [0, 0.05) is 4.88 Å². The lowest BCUT2D eigenvalue weighted by Crippen LogP contribution is -2.13. The normalized spacial score (nSPS) is 11.6. The van der Waals surface area contributed by atoms with E-state index in [-0.39, 0.29) is 11.5 Å². The highest BCUT2D eigenvalue weighted by molar-refractivity contribution is 7.93. The fourth-order valence-electron chi connectivity index (χ4n) is 1.68. The van der Waals surface area contributed by atoms with Crippen molar-refractivity contribution in [1.82, 2.24) is 4.98 Å². The van der Waals surface area contributed by atoms with Crippen molar-refractivity contribution in [3.05, 3.63) is 39.9 Å². The van der Waals surface area contributed by atoms with Crippen molar-refractivity contribution < 1.29 is 13.5 Å². The number of aliphatic hydroxyl groups excluding tert-OH is 1. The molecular formula is C13H16N2O3S2. The largest absolute Gasteiger partial charge is 0.392 e. The fourth-order valence-corrected chi connectivity index (χ4v) is 3.78. The van der Waals surface area contributed by atoms with Crippen LogP contribution < -0.4 is 4.72 Å². The summed E-state index contributed by atoms with van der Waals surface area (Å²) in [5, 5.41) is 9.57. The van der Waals surface area contributed by atoms with Gasteiger partial charge in [-0.1, -0.05) is 6.07 Å². The maximum atomic E-state index is 12.3. The molecule has 20 heavy (non-hydrogen) atoms. The van der Waals surface area contributed by atoms with Crippen molar-refractivity contribution in [3.8, 4) is 0 Å². The van der Waals surface area contributed by atoms with Gasteiger partial charge in [-0.15, -0.1) is 11.3 Å². The van der Waals surface area contributed by atoms with Crippen LogP contribution in [-0.4, -0.2) is 18.5 Å². The third-order valence-electron chi connectivity index (χ3n) is 3.05. The van der Waals surface area contributed by atoms with E-state index in [9.17, 15) is 13.5 Å². The highest BCUT2D eigenvalue weighted by atomic mass is 32.2. The molecule has 0 spiro atoms. The second-order valence-electron chi connectivity index (χ2n) is 4.51. The molecule has 108 valence electrons. The van der Waals surface area contributed by atoms with Gasteiger partial charge >= 0.3 is 0 Å². The van der Waals surface area contributed by atoms with Crippen LogP contribution in [0.15, 0.2) is 23.1 Å². The molecule has 2 aromatic rings. The van der Waals surface area contributed by atoms with E-state index in [0.29, 0.717) is 10.7 Å². The van der Waals surface area contributed by atoms with Crippen LogP contribution in [-0.2, 0) is 16.6 Å². The van der Waals surface area contributed by atoms with Crippen molar-refractivity contribution in [1.29, 1.82) is 0 Å². The summed E-state index contributed by atoms with van der Waals surface area (Å²) in [7, 11) is -3.68. The molecule has 5 nitrogen and oxygen atoms in total. The molecule has 0 saturated heterocycles. The minimum atomic E-state index is -3.68. The van der Waals surface area contributed by atoms with Gasteiger partial charge in [-0.3, -0.25) is 4.72 Å². The number of aryl methyl sites for hydroxylation is 3. The number of hydrogen-bond acceptors (Lipinski definition) is 5. The molecule has 0 atom stereocenters. The summed E-state index contributed by atoms with van der Waals surface area (Å²) in [6.45, 7) is 5.35. The molecule has 0 aliphatic carbocycles. The van der Waals surface area contributed by atoms with E-state index in [1.165, 1.54) is 23.5 Å². The van der Waals surface area contributed by atoms with E-state index in [0.717, 1.165) is 16.1 Å². The van der Waals surface area contributed by atoms with E-state index >= 15 is 0 Å². The summed E-state index contributed by atoms with van der Waals surface area (Å²) in [5.74, 6) is 0. The molecule has 1 aromatic heterocycles. The molecule has 2 N–H and O–H groups in total. The molecule has 1 aromatic carbocycles. The van der Waals surface area contributed by atoms with Gasteiger partial charge in [0.2, 0.25) is 0 Å². The summed E-state index contributed by atoms with van der Waals surface area (Å²) in [6, 6.07) is 4.67. The van der Waals surface area contributed by atoms with E-state index in [1.807, 2.05) is 20.8 Å². The maximum Gasteiger partial charge on any atom is 0.263 e. The predicted octanol–water partition coefficient (Wildman–Crippen LogP) is 2.36. The molecule has 0 bridgehead atoms. The summed E-state index contributed by atoms with van der Waals surface area (Å²) in [5.41, 5.74) is 2.26. The Balaban J connectivity index is 2.35. The smallest absolute Gasteiger partial charge is 0.263 e. The molecule has 0 amide bonds. The Kier molecular flexibility index (Phi) is 4.12. The van der Waals surface area contributed by atoms with Crippen molar-refractivity contribution >= 4 is 26.5 Å². The Bertz CT molecular complexity index is 717. The molecular weight excluding hydrogens is 296 g/mol. The Morgan fingerprint density at radius 3 is 2.55 bits per heavy atom. The first-order chi connectivity index (χ1) is 9.33. The van der Waals surface area contributed by atoms with Crippen molar-refractivity contribution in [2.75, 3.05) is 4.72 Å². The second kappa shape index (κ2) is 5.51. The Labute approximate surface area is 122 Å². The number of benzene rings is 1. The van der Waals surface area contributed by atoms with E-state index in [2.05, 4.69) is 9.71 Å². The summed E-state index contributed by atoms with van der Waals surface area (Å²) in [4.78, 5) is 5.26. The molecule has 7 heteroatoms. The van der Waals surface area contributed by atoms with Crippen molar-refractivity contribution in [2.24, 2.45) is 0 Å². The Morgan fingerprint density at radius 1 is 1.30 bits per heavy atom. The fraction of sp³-hybridized carbons (Fsp3) is 0.308. The van der Waals surface area contributed by atoms with Gasteiger partial charge in [-0.2, -0.15) is 0 Å². The first-order valence-corrected chi connectivity index (χ1v) is 8.30. The lowest BCUT2D eigenvalue weighted by atomic mass is 10.1. The Morgan fingerprint density at radius 2 is 2.00 bits per heavy atom. The number of rotatable bonds is 4. The minimum absolute atomic E-state index is 0.123. The first kappa shape index (κ1) is 15.0. The van der Waals surface area contributed by atoms with Crippen LogP contribution >= 0.6 is 11.3 Å². The molecule has 2 rings (SSSR count). The van der Waals surface area contributed by atoms with Crippen LogP contribution in [0, 0.1) is 20.8 Å². The lowest BCUT2D eigenvalue weighted by Gasteiger charge is -2.08. The number of sulfonamides is 1. The molecule has 0 aliphatic heterocycles. The summed E-state index contributed by atoms with van der Waals surface area (Å²) < 4.78 is 27.0. The van der Waals surface area contributed by atoms with E-state index in [4.69, 9.17) is 0 Å². The quantitative estimate of drug-likeness (QED) is 0.908. The van der Waals surface area contributed by atoms with Crippen LogP contribution in [0.1, 0.15) is 21.7 Å². The number of hydrogen-bond donors (Lipinski definition) is 2. The van der Waals surface area contributed by atoms with E-state index in [1.54, 1.807) is 6.07 Å². The lowest BCUT2D eigenvalue weighted by molar-refractivity contribution is 0.281. The minimum Gasteiger partial charge on any atom is -0.392 e. The van der Waals surface area contributed by atoms with E-state index < -0.39 is 10.0 Å². The SMILES string of the molecule is Cc1ccc(S(=O)(=O)Nc2nc(C)c(C)s2)cc1CO. The van der Waals surface area contributed by atoms with Gasteiger partial charge in [0.1, 0.15) is 0 Å². The third kappa shape index (κ3) is 3.00. The van der Waals surface area contributed by atoms with Crippen molar-refractivity contribution in [2.45, 2.75) is 32.3 Å². The van der Waals surface area contributed by atoms with Gasteiger partial charge in [0.15, 0.2) is 5.13 Å². The van der Waals surface area contributed by atoms with Crippen LogP contribution in [0.2, 0.25) is 0 Å². The first-order valence-electron chi connectivity index (χ1n) is 6.00. The molecule has 0 radical (unpaired) electrons. The van der Waals surface area contributed by atoms with Gasteiger partial charge in [-0.05, 0) is 44.0 Å². The number of aliphatic hydroxyl groups is 1. The monoisotopic (exact) mass is 312 g/mol. The van der Waals surface area contributed by atoms with Gasteiger partial charge in [0.25, 0.3) is 10.0 Å². The topological polar surface area (TPSA) is 79.3 Å². The number of nitrogens with zero attached hydrogens (tertiary/aromatic N) is 1. The van der Waals surface area contributed by atoms with Gasteiger partial charge < -0.3 is 5.11 Å². The van der Waals surface area contributed by atoms with Crippen LogP contribution in [0.4, 0.5) is 5.13 Å². The number of thiazole rings is 1. The zero-order valence-corrected chi connectivity index (χ0v) is 13.1. The predicted molar refractivity (Wildman–Crippen MR) is 79.5 cm³/mol. The number of aromatic nitrogens is 1. The van der Waals surface area contributed by atoms with Crippen LogP contribution in [0.5, 0.6) is 0 Å². The highest BCUT2D eigenvalue weighted by Gasteiger charge is 2.17. The molecule has 0 fully saturated rings. The van der Waals surface area contributed by atoms with Crippen LogP contribution in [0.3, 0.4) is 0 Å². The maximum absolute atomic E-state index is 12.3. The molecule has 0 saturated carbocycles.